The number of benzene rings is 2. The van der Waals surface area contributed by atoms with Gasteiger partial charge in [-0.05, 0) is 24.0 Å². The fourth-order valence-electron chi connectivity index (χ4n) is 3.14. The van der Waals surface area contributed by atoms with E-state index in [0.717, 1.165) is 34.0 Å². The summed E-state index contributed by atoms with van der Waals surface area (Å²) in [5.41, 5.74) is 4.71. The van der Waals surface area contributed by atoms with Crippen LogP contribution in [0.4, 0.5) is 5.00 Å². The van der Waals surface area contributed by atoms with Crippen molar-refractivity contribution < 1.29 is 9.53 Å². The summed E-state index contributed by atoms with van der Waals surface area (Å²) in [6.07, 6.45) is 0.853. The Balaban J connectivity index is 1.49. The van der Waals surface area contributed by atoms with Gasteiger partial charge in [0.25, 0.3) is 0 Å². The Kier molecular flexibility index (Phi) is 4.24. The lowest BCUT2D eigenvalue weighted by Gasteiger charge is -2.08. The second-order valence-electron chi connectivity index (χ2n) is 6.08. The number of nitrogens with zero attached hydrogens (tertiary/aromatic N) is 1. The van der Waals surface area contributed by atoms with Crippen molar-refractivity contribution >= 4 is 22.2 Å². The van der Waals surface area contributed by atoms with E-state index in [1.807, 2.05) is 54.6 Å². The molecule has 0 unspecified atom stereocenters. The van der Waals surface area contributed by atoms with Gasteiger partial charge in [0.05, 0.1) is 12.6 Å². The second-order valence-corrected chi connectivity index (χ2v) is 6.93. The summed E-state index contributed by atoms with van der Waals surface area (Å²) >= 11 is 1.45. The molecular weight excluding hydrogens is 332 g/mol. The largest absolute Gasteiger partial charge is 0.496 e. The number of para-hydroxylation sites is 1. The number of hydrogen-bond acceptors (Lipinski definition) is 4. The molecule has 0 radical (unpaired) electrons. The lowest BCUT2D eigenvalue weighted by atomic mass is 10.1. The molecule has 0 spiro atoms. The first-order chi connectivity index (χ1) is 12.3. The second kappa shape index (κ2) is 6.69. The van der Waals surface area contributed by atoms with Crippen LogP contribution in [0.15, 0.2) is 60.1 Å². The molecule has 2 atom stereocenters. The highest BCUT2D eigenvalue weighted by molar-refractivity contribution is 7.14. The van der Waals surface area contributed by atoms with Gasteiger partial charge in [-0.25, -0.2) is 4.98 Å². The quantitative estimate of drug-likeness (QED) is 0.734. The molecular formula is C20H18N2O2S. The van der Waals surface area contributed by atoms with Gasteiger partial charge >= 0.3 is 0 Å². The molecule has 1 aromatic heterocycles. The SMILES string of the molecule is COc1ccccc1[C@H]1C[C@@H]1C(=O)Nc1scnc1-c1ccccc1. The maximum absolute atomic E-state index is 12.7. The molecule has 126 valence electrons. The molecule has 4 nitrogen and oxygen atoms in total. The van der Waals surface area contributed by atoms with E-state index in [-0.39, 0.29) is 17.7 Å². The van der Waals surface area contributed by atoms with E-state index in [9.17, 15) is 4.79 Å². The van der Waals surface area contributed by atoms with Crippen molar-refractivity contribution in [1.29, 1.82) is 0 Å². The summed E-state index contributed by atoms with van der Waals surface area (Å²) in [5.74, 6) is 1.12. The third-order valence-corrected chi connectivity index (χ3v) is 5.26. The monoisotopic (exact) mass is 350 g/mol. The van der Waals surface area contributed by atoms with Gasteiger partial charge in [0.1, 0.15) is 16.4 Å². The summed E-state index contributed by atoms with van der Waals surface area (Å²) in [6, 6.07) is 17.8. The minimum atomic E-state index is -0.0120. The van der Waals surface area contributed by atoms with Crippen LogP contribution in [0.1, 0.15) is 17.9 Å². The third kappa shape index (κ3) is 3.15. The first-order valence-corrected chi connectivity index (χ1v) is 9.08. The van der Waals surface area contributed by atoms with Crippen molar-refractivity contribution in [2.75, 3.05) is 12.4 Å². The number of hydrogen-bond donors (Lipinski definition) is 1. The Morgan fingerprint density at radius 2 is 1.92 bits per heavy atom. The summed E-state index contributed by atoms with van der Waals surface area (Å²) in [7, 11) is 1.67. The smallest absolute Gasteiger partial charge is 0.228 e. The molecule has 1 amide bonds. The molecule has 3 aromatic rings. The highest BCUT2D eigenvalue weighted by atomic mass is 32.1. The van der Waals surface area contributed by atoms with Crippen LogP contribution in [0.25, 0.3) is 11.3 Å². The van der Waals surface area contributed by atoms with E-state index in [2.05, 4.69) is 10.3 Å². The molecule has 0 saturated heterocycles. The maximum atomic E-state index is 12.7. The zero-order valence-electron chi connectivity index (χ0n) is 13.8. The predicted octanol–water partition coefficient (Wildman–Crippen LogP) is 4.56. The zero-order valence-corrected chi connectivity index (χ0v) is 14.6. The Morgan fingerprint density at radius 1 is 1.16 bits per heavy atom. The van der Waals surface area contributed by atoms with Crippen molar-refractivity contribution in [2.45, 2.75) is 12.3 Å². The van der Waals surface area contributed by atoms with Crippen LogP contribution in [-0.4, -0.2) is 18.0 Å². The normalized spacial score (nSPS) is 18.6. The standard InChI is InChI=1S/C20H18N2O2S/c1-24-17-10-6-5-9-14(17)15-11-16(15)19(23)22-20-18(21-12-25-20)13-7-3-2-4-8-13/h2-10,12,15-16H,11H2,1H3,(H,22,23)/t15-,16+/m1/s1. The molecule has 1 aliphatic carbocycles. The molecule has 1 N–H and O–H groups in total. The number of rotatable bonds is 5. The zero-order chi connectivity index (χ0) is 17.2. The molecule has 1 fully saturated rings. The molecule has 2 aromatic carbocycles. The van der Waals surface area contributed by atoms with Crippen LogP contribution in [0.3, 0.4) is 0 Å². The Bertz CT molecular complexity index is 891. The Hall–Kier alpha value is -2.66. The Labute approximate surface area is 150 Å². The fraction of sp³-hybridized carbons (Fsp3) is 0.200. The Morgan fingerprint density at radius 3 is 2.72 bits per heavy atom. The van der Waals surface area contributed by atoms with Crippen LogP contribution in [-0.2, 0) is 4.79 Å². The van der Waals surface area contributed by atoms with E-state index in [1.165, 1.54) is 11.3 Å². The van der Waals surface area contributed by atoms with Gasteiger partial charge in [-0.1, -0.05) is 48.5 Å². The highest BCUT2D eigenvalue weighted by Gasteiger charge is 2.45. The molecule has 4 rings (SSSR count). The van der Waals surface area contributed by atoms with Crippen LogP contribution in [0.5, 0.6) is 5.75 Å². The molecule has 1 saturated carbocycles. The van der Waals surface area contributed by atoms with Crippen LogP contribution in [0.2, 0.25) is 0 Å². The molecule has 1 aliphatic rings. The number of carbonyl (C=O) groups excluding carboxylic acids is 1. The van der Waals surface area contributed by atoms with Crippen molar-refractivity contribution in [3.63, 3.8) is 0 Å². The molecule has 25 heavy (non-hydrogen) atoms. The number of nitrogens with one attached hydrogen (secondary N) is 1. The van der Waals surface area contributed by atoms with Gasteiger partial charge in [-0.2, -0.15) is 0 Å². The average Bonchev–Trinajstić information content (AvgIpc) is 3.34. The number of anilines is 1. The predicted molar refractivity (Wildman–Crippen MR) is 100 cm³/mol. The fourth-order valence-corrected chi connectivity index (χ4v) is 3.85. The van der Waals surface area contributed by atoms with Gasteiger partial charge in [0.15, 0.2) is 0 Å². The van der Waals surface area contributed by atoms with E-state index in [1.54, 1.807) is 12.6 Å². The first kappa shape index (κ1) is 15.8. The minimum Gasteiger partial charge on any atom is -0.496 e. The van der Waals surface area contributed by atoms with Crippen LogP contribution in [0, 0.1) is 5.92 Å². The molecule has 1 heterocycles. The van der Waals surface area contributed by atoms with E-state index < -0.39 is 0 Å². The number of amides is 1. The maximum Gasteiger partial charge on any atom is 0.228 e. The van der Waals surface area contributed by atoms with Gasteiger partial charge in [-0.15, -0.1) is 11.3 Å². The van der Waals surface area contributed by atoms with Crippen LogP contribution >= 0.6 is 11.3 Å². The number of carbonyl (C=O) groups is 1. The number of aromatic nitrogens is 1. The highest BCUT2D eigenvalue weighted by Crippen LogP contribution is 2.51. The lowest BCUT2D eigenvalue weighted by Crippen LogP contribution is -2.14. The van der Waals surface area contributed by atoms with Gasteiger partial charge in [0, 0.05) is 11.5 Å². The van der Waals surface area contributed by atoms with Crippen molar-refractivity contribution in [1.82, 2.24) is 4.98 Å². The third-order valence-electron chi connectivity index (χ3n) is 4.52. The first-order valence-electron chi connectivity index (χ1n) is 8.20. The number of ether oxygens (including phenoxy) is 1. The average molecular weight is 350 g/mol. The van der Waals surface area contributed by atoms with Gasteiger partial charge in [0.2, 0.25) is 5.91 Å². The van der Waals surface area contributed by atoms with E-state index >= 15 is 0 Å². The van der Waals surface area contributed by atoms with Crippen LogP contribution < -0.4 is 10.1 Å². The summed E-state index contributed by atoms with van der Waals surface area (Å²) in [6.45, 7) is 0. The summed E-state index contributed by atoms with van der Waals surface area (Å²) in [4.78, 5) is 17.1. The molecule has 0 aliphatic heterocycles. The molecule has 0 bridgehead atoms. The number of methoxy groups -OCH3 is 1. The molecule has 5 heteroatoms. The minimum absolute atomic E-state index is 0.0120. The van der Waals surface area contributed by atoms with E-state index in [4.69, 9.17) is 4.74 Å². The van der Waals surface area contributed by atoms with Gasteiger partial charge < -0.3 is 10.1 Å². The van der Waals surface area contributed by atoms with Crippen molar-refractivity contribution in [3.8, 4) is 17.0 Å². The topological polar surface area (TPSA) is 51.2 Å². The summed E-state index contributed by atoms with van der Waals surface area (Å²) < 4.78 is 5.42. The van der Waals surface area contributed by atoms with Gasteiger partial charge in [-0.3, -0.25) is 4.79 Å². The van der Waals surface area contributed by atoms with E-state index in [0.29, 0.717) is 0 Å². The lowest BCUT2D eigenvalue weighted by molar-refractivity contribution is -0.117. The summed E-state index contributed by atoms with van der Waals surface area (Å²) in [5, 5.41) is 3.87. The van der Waals surface area contributed by atoms with Crippen molar-refractivity contribution in [2.24, 2.45) is 5.92 Å². The van der Waals surface area contributed by atoms with Crippen molar-refractivity contribution in [3.05, 3.63) is 65.7 Å². The number of thiazole rings is 1.